The second-order valence-corrected chi connectivity index (χ2v) is 5.19. The monoisotopic (exact) mass is 267 g/mol. The van der Waals surface area contributed by atoms with Crippen LogP contribution in [-0.2, 0) is 14.6 Å². The molecule has 104 valence electrons. The van der Waals surface area contributed by atoms with E-state index in [9.17, 15) is 13.0 Å². The second kappa shape index (κ2) is 11.0. The normalized spacial score (nSPS) is 11.9. The Balaban J connectivity index is 3.04. The van der Waals surface area contributed by atoms with Gasteiger partial charge in [0, 0.05) is 6.61 Å². The van der Waals surface area contributed by atoms with Crippen molar-refractivity contribution >= 4 is 10.4 Å². The lowest BCUT2D eigenvalue weighted by molar-refractivity contribution is 0.255. The predicted octanol–water partition coefficient (Wildman–Crippen LogP) is 1.97. The van der Waals surface area contributed by atoms with Gasteiger partial charge in [-0.1, -0.05) is 44.9 Å². The molecule has 0 bridgehead atoms. The molecule has 0 aliphatic carbocycles. The average Bonchev–Trinajstić information content (AvgIpc) is 2.24. The number of hydrogen-bond donors (Lipinski definition) is 1. The van der Waals surface area contributed by atoms with Gasteiger partial charge < -0.3 is 9.66 Å². The summed E-state index contributed by atoms with van der Waals surface area (Å²) in [6.07, 6.45) is 9.19. The zero-order valence-electron chi connectivity index (χ0n) is 10.3. The fourth-order valence-electron chi connectivity index (χ4n) is 1.61. The zero-order chi connectivity index (χ0) is 13.0. The van der Waals surface area contributed by atoms with Crippen LogP contribution in [0.15, 0.2) is 0 Å². The summed E-state index contributed by atoms with van der Waals surface area (Å²) < 4.78 is 34.4. The molecule has 0 aromatic carbocycles. The fourth-order valence-corrected chi connectivity index (χ4v) is 1.93. The first-order chi connectivity index (χ1) is 8.06. The van der Waals surface area contributed by atoms with Gasteiger partial charge in [0.15, 0.2) is 0 Å². The minimum Gasteiger partial charge on any atom is -0.726 e. The van der Waals surface area contributed by atoms with Crippen molar-refractivity contribution in [3.8, 4) is 0 Å². The molecule has 0 radical (unpaired) electrons. The molecule has 0 aliphatic heterocycles. The maximum Gasteiger partial charge on any atom is 0.217 e. The molecule has 0 heterocycles. The number of aliphatic hydroxyl groups excluding tert-OH is 1. The van der Waals surface area contributed by atoms with Gasteiger partial charge in [-0.25, -0.2) is 8.42 Å². The van der Waals surface area contributed by atoms with Crippen molar-refractivity contribution in [2.75, 3.05) is 13.2 Å². The molecule has 0 atom stereocenters. The van der Waals surface area contributed by atoms with E-state index in [4.69, 9.17) is 5.11 Å². The standard InChI is InChI=1S/C11H24O5S/c12-10-8-6-4-2-1-3-5-7-9-11-16-17(13,14)15/h12H,1-11H2,(H,13,14,15)/p-1. The van der Waals surface area contributed by atoms with Crippen LogP contribution in [0.25, 0.3) is 0 Å². The van der Waals surface area contributed by atoms with Gasteiger partial charge in [-0.2, -0.15) is 0 Å². The molecular weight excluding hydrogens is 244 g/mol. The van der Waals surface area contributed by atoms with E-state index in [2.05, 4.69) is 4.18 Å². The molecule has 6 heteroatoms. The summed E-state index contributed by atoms with van der Waals surface area (Å²) in [5.41, 5.74) is 0. The Morgan fingerprint density at radius 1 is 0.824 bits per heavy atom. The quantitative estimate of drug-likeness (QED) is 0.332. The summed E-state index contributed by atoms with van der Waals surface area (Å²) in [6, 6.07) is 0. The second-order valence-electron chi connectivity index (χ2n) is 4.14. The minimum atomic E-state index is -4.50. The summed E-state index contributed by atoms with van der Waals surface area (Å²) in [4.78, 5) is 0. The summed E-state index contributed by atoms with van der Waals surface area (Å²) in [6.45, 7) is 0.283. The molecule has 0 aromatic heterocycles. The molecule has 0 spiro atoms. The van der Waals surface area contributed by atoms with E-state index in [0.717, 1.165) is 38.5 Å². The van der Waals surface area contributed by atoms with Crippen molar-refractivity contribution in [3.63, 3.8) is 0 Å². The van der Waals surface area contributed by atoms with Crippen LogP contribution in [0.3, 0.4) is 0 Å². The van der Waals surface area contributed by atoms with Crippen LogP contribution in [0.2, 0.25) is 0 Å². The van der Waals surface area contributed by atoms with Crippen molar-refractivity contribution < 1.29 is 22.3 Å². The van der Waals surface area contributed by atoms with Gasteiger partial charge in [0.25, 0.3) is 0 Å². The third kappa shape index (κ3) is 15.8. The molecule has 0 aliphatic rings. The highest BCUT2D eigenvalue weighted by Crippen LogP contribution is 2.09. The van der Waals surface area contributed by atoms with Crippen LogP contribution in [0.4, 0.5) is 0 Å². The van der Waals surface area contributed by atoms with Gasteiger partial charge in [0.05, 0.1) is 6.61 Å². The molecule has 0 aromatic rings. The van der Waals surface area contributed by atoms with Crippen LogP contribution in [0.1, 0.15) is 57.8 Å². The highest BCUT2D eigenvalue weighted by atomic mass is 32.3. The van der Waals surface area contributed by atoms with Gasteiger partial charge in [-0.3, -0.25) is 4.18 Å². The number of unbranched alkanes of at least 4 members (excludes halogenated alkanes) is 8. The summed E-state index contributed by atoms with van der Waals surface area (Å²) in [5, 5.41) is 8.57. The smallest absolute Gasteiger partial charge is 0.217 e. The molecule has 0 fully saturated rings. The lowest BCUT2D eigenvalue weighted by Crippen LogP contribution is -2.05. The number of aliphatic hydroxyl groups is 1. The van der Waals surface area contributed by atoms with Crippen molar-refractivity contribution in [2.45, 2.75) is 57.8 Å². The first-order valence-electron chi connectivity index (χ1n) is 6.27. The molecule has 0 unspecified atom stereocenters. The van der Waals surface area contributed by atoms with Crippen molar-refractivity contribution in [1.29, 1.82) is 0 Å². The summed E-state index contributed by atoms with van der Waals surface area (Å²) in [7, 11) is -4.50. The molecule has 0 rings (SSSR count). The molecule has 17 heavy (non-hydrogen) atoms. The first kappa shape index (κ1) is 16.8. The van der Waals surface area contributed by atoms with Crippen LogP contribution >= 0.6 is 0 Å². The Morgan fingerprint density at radius 2 is 1.24 bits per heavy atom. The highest BCUT2D eigenvalue weighted by molar-refractivity contribution is 7.80. The first-order valence-corrected chi connectivity index (χ1v) is 7.60. The molecule has 0 saturated heterocycles. The van der Waals surface area contributed by atoms with Gasteiger partial charge in [-0.15, -0.1) is 0 Å². The van der Waals surface area contributed by atoms with Crippen LogP contribution in [0, 0.1) is 0 Å². The summed E-state index contributed by atoms with van der Waals surface area (Å²) in [5.74, 6) is 0. The molecule has 1 N–H and O–H groups in total. The maximum absolute atomic E-state index is 10.1. The number of hydrogen-bond acceptors (Lipinski definition) is 5. The maximum atomic E-state index is 10.1. The van der Waals surface area contributed by atoms with E-state index in [1.165, 1.54) is 12.8 Å². The van der Waals surface area contributed by atoms with Crippen molar-refractivity contribution in [2.24, 2.45) is 0 Å². The van der Waals surface area contributed by atoms with Crippen LogP contribution in [-0.4, -0.2) is 31.3 Å². The fraction of sp³-hybridized carbons (Fsp3) is 1.00. The lowest BCUT2D eigenvalue weighted by Gasteiger charge is -2.06. The number of rotatable bonds is 12. The third-order valence-electron chi connectivity index (χ3n) is 2.53. The largest absolute Gasteiger partial charge is 0.726 e. The molecule has 0 amide bonds. The van der Waals surface area contributed by atoms with E-state index in [1.807, 2.05) is 0 Å². The van der Waals surface area contributed by atoms with Gasteiger partial charge >= 0.3 is 0 Å². The third-order valence-corrected chi connectivity index (χ3v) is 2.99. The highest BCUT2D eigenvalue weighted by Gasteiger charge is 1.95. The Kier molecular flexibility index (Phi) is 10.8. The predicted molar refractivity (Wildman–Crippen MR) is 64.3 cm³/mol. The van der Waals surface area contributed by atoms with Gasteiger partial charge in [0.2, 0.25) is 10.4 Å². The van der Waals surface area contributed by atoms with E-state index < -0.39 is 10.4 Å². The Hall–Kier alpha value is -0.170. The van der Waals surface area contributed by atoms with E-state index in [0.29, 0.717) is 6.42 Å². The van der Waals surface area contributed by atoms with Crippen molar-refractivity contribution in [1.82, 2.24) is 0 Å². The van der Waals surface area contributed by atoms with Crippen LogP contribution < -0.4 is 0 Å². The SMILES string of the molecule is O=S(=O)([O-])OCCCCCCCCCCCO. The lowest BCUT2D eigenvalue weighted by atomic mass is 10.1. The van der Waals surface area contributed by atoms with Crippen LogP contribution in [0.5, 0.6) is 0 Å². The Bertz CT molecular complexity index is 251. The molecular formula is C11H23O5S-. The van der Waals surface area contributed by atoms with E-state index in [-0.39, 0.29) is 13.2 Å². The van der Waals surface area contributed by atoms with E-state index >= 15 is 0 Å². The van der Waals surface area contributed by atoms with Crippen molar-refractivity contribution in [3.05, 3.63) is 0 Å². The minimum absolute atomic E-state index is 0.00231. The molecule has 5 nitrogen and oxygen atoms in total. The Morgan fingerprint density at radius 3 is 1.65 bits per heavy atom. The Labute approximate surface area is 104 Å². The zero-order valence-corrected chi connectivity index (χ0v) is 11.1. The summed E-state index contributed by atoms with van der Waals surface area (Å²) >= 11 is 0. The topological polar surface area (TPSA) is 86.7 Å². The van der Waals surface area contributed by atoms with Gasteiger partial charge in [-0.05, 0) is 12.8 Å². The van der Waals surface area contributed by atoms with Gasteiger partial charge in [0.1, 0.15) is 0 Å². The van der Waals surface area contributed by atoms with E-state index in [1.54, 1.807) is 0 Å². The average molecular weight is 267 g/mol. The molecule has 0 saturated carbocycles.